The van der Waals surface area contributed by atoms with Gasteiger partial charge in [-0.3, -0.25) is 4.90 Å². The fourth-order valence-electron chi connectivity index (χ4n) is 4.23. The smallest absolute Gasteiger partial charge is 0.151 e. The SMILES string of the molecule is CCCCN(Cc1c(-c2ccccc2)[nH]c2ccccc12)C1CCS(=O)(=O)C1. The van der Waals surface area contributed by atoms with E-state index in [4.69, 9.17) is 0 Å². The Kier molecular flexibility index (Phi) is 5.56. The summed E-state index contributed by atoms with van der Waals surface area (Å²) < 4.78 is 24.2. The average molecular weight is 397 g/mol. The number of nitrogens with one attached hydrogen (secondary N) is 1. The zero-order valence-corrected chi connectivity index (χ0v) is 17.2. The van der Waals surface area contributed by atoms with Gasteiger partial charge >= 0.3 is 0 Å². The molecule has 0 bridgehead atoms. The lowest BCUT2D eigenvalue weighted by atomic mass is 10.0. The van der Waals surface area contributed by atoms with E-state index < -0.39 is 9.84 Å². The van der Waals surface area contributed by atoms with Crippen molar-refractivity contribution in [3.8, 4) is 11.3 Å². The molecule has 2 aromatic carbocycles. The number of aromatic amines is 1. The van der Waals surface area contributed by atoms with Gasteiger partial charge in [0.25, 0.3) is 0 Å². The zero-order chi connectivity index (χ0) is 19.6. The molecule has 1 N–H and O–H groups in total. The van der Waals surface area contributed by atoms with Crippen molar-refractivity contribution in [1.82, 2.24) is 9.88 Å². The van der Waals surface area contributed by atoms with Crippen LogP contribution in [-0.4, -0.2) is 42.4 Å². The van der Waals surface area contributed by atoms with E-state index in [1.807, 2.05) is 6.07 Å². The molecule has 148 valence electrons. The first kappa shape index (κ1) is 19.2. The molecule has 28 heavy (non-hydrogen) atoms. The summed E-state index contributed by atoms with van der Waals surface area (Å²) in [7, 11) is -2.90. The van der Waals surface area contributed by atoms with Crippen molar-refractivity contribution in [2.45, 2.75) is 38.8 Å². The summed E-state index contributed by atoms with van der Waals surface area (Å²) in [6.07, 6.45) is 2.93. The molecular formula is C23H28N2O2S. The van der Waals surface area contributed by atoms with E-state index in [-0.39, 0.29) is 6.04 Å². The van der Waals surface area contributed by atoms with Gasteiger partial charge in [0.1, 0.15) is 0 Å². The van der Waals surface area contributed by atoms with Gasteiger partial charge in [-0.2, -0.15) is 0 Å². The van der Waals surface area contributed by atoms with E-state index in [9.17, 15) is 8.42 Å². The minimum Gasteiger partial charge on any atom is -0.354 e. The number of sulfone groups is 1. The van der Waals surface area contributed by atoms with Crippen molar-refractivity contribution in [2.24, 2.45) is 0 Å². The molecule has 1 atom stereocenters. The summed E-state index contributed by atoms with van der Waals surface area (Å²) >= 11 is 0. The minimum atomic E-state index is -2.90. The van der Waals surface area contributed by atoms with Crippen molar-refractivity contribution < 1.29 is 8.42 Å². The van der Waals surface area contributed by atoms with Crippen molar-refractivity contribution in [3.63, 3.8) is 0 Å². The Hall–Kier alpha value is -2.11. The van der Waals surface area contributed by atoms with Crippen LogP contribution in [0.1, 0.15) is 31.7 Å². The highest BCUT2D eigenvalue weighted by Gasteiger charge is 2.32. The quantitative estimate of drug-likeness (QED) is 0.634. The molecule has 1 aliphatic heterocycles. The number of H-pyrrole nitrogens is 1. The van der Waals surface area contributed by atoms with E-state index in [0.717, 1.165) is 43.6 Å². The molecule has 1 fully saturated rings. The Balaban J connectivity index is 1.73. The molecule has 0 radical (unpaired) electrons. The van der Waals surface area contributed by atoms with E-state index in [0.29, 0.717) is 11.5 Å². The van der Waals surface area contributed by atoms with Gasteiger partial charge in [0.2, 0.25) is 0 Å². The average Bonchev–Trinajstić information content (AvgIpc) is 3.25. The largest absolute Gasteiger partial charge is 0.354 e. The summed E-state index contributed by atoms with van der Waals surface area (Å²) in [5, 5.41) is 1.23. The van der Waals surface area contributed by atoms with E-state index >= 15 is 0 Å². The number of aromatic nitrogens is 1. The predicted octanol–water partition coefficient (Wildman–Crippen LogP) is 4.62. The Bertz CT molecular complexity index is 1040. The lowest BCUT2D eigenvalue weighted by molar-refractivity contribution is 0.201. The summed E-state index contributed by atoms with van der Waals surface area (Å²) in [6, 6.07) is 18.9. The van der Waals surface area contributed by atoms with Crippen LogP contribution >= 0.6 is 0 Å². The summed E-state index contributed by atoms with van der Waals surface area (Å²) in [6.45, 7) is 3.89. The Morgan fingerprint density at radius 2 is 1.82 bits per heavy atom. The maximum absolute atomic E-state index is 12.1. The molecule has 5 heteroatoms. The standard InChI is InChI=1S/C23H28N2O2S/c1-2-3-14-25(19-13-15-28(26,27)17-19)16-21-20-11-7-8-12-22(20)24-23(21)18-9-5-4-6-10-18/h4-12,19,24H,2-3,13-17H2,1H3. The molecule has 1 unspecified atom stereocenters. The number of hydrogen-bond donors (Lipinski definition) is 1. The molecule has 1 aliphatic rings. The second-order valence-electron chi connectivity index (χ2n) is 7.77. The van der Waals surface area contributed by atoms with Crippen LogP contribution in [-0.2, 0) is 16.4 Å². The fraction of sp³-hybridized carbons (Fsp3) is 0.391. The molecule has 0 aliphatic carbocycles. The molecular weight excluding hydrogens is 368 g/mol. The third-order valence-electron chi connectivity index (χ3n) is 5.76. The van der Waals surface area contributed by atoms with Crippen LogP contribution in [0.4, 0.5) is 0 Å². The summed E-state index contributed by atoms with van der Waals surface area (Å²) in [4.78, 5) is 6.00. The van der Waals surface area contributed by atoms with Gasteiger partial charge in [0.15, 0.2) is 9.84 Å². The molecule has 4 nitrogen and oxygen atoms in total. The number of nitrogens with zero attached hydrogens (tertiary/aromatic N) is 1. The van der Waals surface area contributed by atoms with Gasteiger partial charge in [-0.15, -0.1) is 0 Å². The maximum Gasteiger partial charge on any atom is 0.151 e. The van der Waals surface area contributed by atoms with Crippen LogP contribution in [0.2, 0.25) is 0 Å². The van der Waals surface area contributed by atoms with E-state index in [2.05, 4.69) is 65.3 Å². The van der Waals surface area contributed by atoms with Gasteiger partial charge in [-0.25, -0.2) is 8.42 Å². The number of fused-ring (bicyclic) bond motifs is 1. The topological polar surface area (TPSA) is 53.2 Å². The first-order valence-corrected chi connectivity index (χ1v) is 12.0. The van der Waals surface area contributed by atoms with Crippen LogP contribution in [0, 0.1) is 0 Å². The summed E-state index contributed by atoms with van der Waals surface area (Å²) in [5.41, 5.74) is 4.71. The fourth-order valence-corrected chi connectivity index (χ4v) is 6.00. The number of para-hydroxylation sites is 1. The number of rotatable bonds is 7. The zero-order valence-electron chi connectivity index (χ0n) is 16.4. The third kappa shape index (κ3) is 4.01. The second kappa shape index (κ2) is 8.10. The minimum absolute atomic E-state index is 0.119. The Labute approximate surface area is 167 Å². The molecule has 1 saturated heterocycles. The van der Waals surface area contributed by atoms with E-state index in [1.165, 1.54) is 16.5 Å². The third-order valence-corrected chi connectivity index (χ3v) is 7.51. The van der Waals surface area contributed by atoms with E-state index in [1.54, 1.807) is 0 Å². The van der Waals surface area contributed by atoms with Crippen molar-refractivity contribution in [1.29, 1.82) is 0 Å². The summed E-state index contributed by atoms with van der Waals surface area (Å²) in [5.74, 6) is 0.611. The molecule has 0 amide bonds. The molecule has 4 rings (SSSR count). The lowest BCUT2D eigenvalue weighted by Crippen LogP contribution is -2.36. The van der Waals surface area contributed by atoms with Crippen molar-refractivity contribution in [3.05, 3.63) is 60.2 Å². The predicted molar refractivity (Wildman–Crippen MR) is 116 cm³/mol. The molecule has 1 aromatic heterocycles. The van der Waals surface area contributed by atoms with Crippen LogP contribution in [0.5, 0.6) is 0 Å². The first-order valence-electron chi connectivity index (χ1n) is 10.2. The number of unbranched alkanes of at least 4 members (excludes halogenated alkanes) is 1. The number of benzene rings is 2. The highest BCUT2D eigenvalue weighted by molar-refractivity contribution is 7.91. The normalized spacial score (nSPS) is 18.9. The van der Waals surface area contributed by atoms with Gasteiger partial charge in [-0.1, -0.05) is 61.9 Å². The lowest BCUT2D eigenvalue weighted by Gasteiger charge is -2.28. The van der Waals surface area contributed by atoms with Crippen LogP contribution < -0.4 is 0 Å². The molecule has 0 saturated carbocycles. The highest BCUT2D eigenvalue weighted by atomic mass is 32.2. The number of hydrogen-bond acceptors (Lipinski definition) is 3. The molecule has 0 spiro atoms. The van der Waals surface area contributed by atoms with Crippen LogP contribution in [0.3, 0.4) is 0 Å². The highest BCUT2D eigenvalue weighted by Crippen LogP contribution is 2.32. The maximum atomic E-state index is 12.1. The molecule has 3 aromatic rings. The van der Waals surface area contributed by atoms with Crippen molar-refractivity contribution in [2.75, 3.05) is 18.1 Å². The monoisotopic (exact) mass is 396 g/mol. The van der Waals surface area contributed by atoms with Gasteiger partial charge in [0.05, 0.1) is 17.2 Å². The molecule has 2 heterocycles. The Morgan fingerprint density at radius 3 is 2.54 bits per heavy atom. The van der Waals surface area contributed by atoms with Gasteiger partial charge in [-0.05, 0) is 36.6 Å². The van der Waals surface area contributed by atoms with Gasteiger partial charge < -0.3 is 4.98 Å². The van der Waals surface area contributed by atoms with Crippen LogP contribution in [0.15, 0.2) is 54.6 Å². The van der Waals surface area contributed by atoms with Crippen LogP contribution in [0.25, 0.3) is 22.2 Å². The van der Waals surface area contributed by atoms with Crippen molar-refractivity contribution >= 4 is 20.7 Å². The second-order valence-corrected chi connectivity index (χ2v) is 10.00. The Morgan fingerprint density at radius 1 is 1.07 bits per heavy atom. The first-order chi connectivity index (χ1) is 13.6. The van der Waals surface area contributed by atoms with Gasteiger partial charge in [0, 0.05) is 23.5 Å².